The first kappa shape index (κ1) is 31.9. The van der Waals surface area contributed by atoms with Crippen LogP contribution in [-0.4, -0.2) is 36.6 Å². The van der Waals surface area contributed by atoms with Gasteiger partial charge in [-0.25, -0.2) is 0 Å². The van der Waals surface area contributed by atoms with Crippen molar-refractivity contribution in [3.05, 3.63) is 63.7 Å². The number of aromatic nitrogens is 2. The monoisotopic (exact) mass is 590 g/mol. The van der Waals surface area contributed by atoms with Gasteiger partial charge in [-0.1, -0.05) is 60.6 Å². The van der Waals surface area contributed by atoms with Crippen molar-refractivity contribution in [2.45, 2.75) is 110 Å². The number of alkyl halides is 3. The summed E-state index contributed by atoms with van der Waals surface area (Å²) in [7, 11) is -2.21. The molecule has 0 aromatic carbocycles. The van der Waals surface area contributed by atoms with Gasteiger partial charge in [0, 0.05) is 34.3 Å². The van der Waals surface area contributed by atoms with Crippen LogP contribution in [0.1, 0.15) is 119 Å². The van der Waals surface area contributed by atoms with Crippen LogP contribution >= 0.6 is 0 Å². The Labute approximate surface area is 243 Å². The third kappa shape index (κ3) is 6.63. The highest BCUT2D eigenvalue weighted by molar-refractivity contribution is 6.74. The Kier molecular flexibility index (Phi) is 8.71. The fourth-order valence-electron chi connectivity index (χ4n) is 5.65. The molecule has 1 aliphatic heterocycles. The summed E-state index contributed by atoms with van der Waals surface area (Å²) in [5, 5.41) is 11.9. The van der Waals surface area contributed by atoms with E-state index in [1.54, 1.807) is 0 Å². The van der Waals surface area contributed by atoms with E-state index in [9.17, 15) is 18.3 Å². The molecule has 0 amide bonds. The molecule has 2 atom stereocenters. The molecule has 3 heterocycles. The van der Waals surface area contributed by atoms with E-state index in [-0.39, 0.29) is 22.5 Å². The van der Waals surface area contributed by atoms with Gasteiger partial charge in [-0.2, -0.15) is 13.2 Å². The number of fused-ring (bicyclic) bond motifs is 1. The van der Waals surface area contributed by atoms with Gasteiger partial charge in [-0.05, 0) is 65.9 Å². The van der Waals surface area contributed by atoms with Crippen molar-refractivity contribution in [1.82, 2.24) is 9.97 Å². The molecule has 0 fully saturated rings. The van der Waals surface area contributed by atoms with Crippen LogP contribution in [0.5, 0.6) is 0 Å². The summed E-state index contributed by atoms with van der Waals surface area (Å²) < 4.78 is 52.6. The van der Waals surface area contributed by atoms with E-state index in [0.29, 0.717) is 30.8 Å². The van der Waals surface area contributed by atoms with Crippen LogP contribution < -0.4 is 0 Å². The predicted octanol–water partition coefficient (Wildman–Crippen LogP) is 8.54. The first-order chi connectivity index (χ1) is 18.8. The Morgan fingerprint density at radius 3 is 2.34 bits per heavy atom. The normalized spacial score (nSPS) is 20.5. The number of aliphatic hydroxyl groups excluding tert-OH is 1. The highest BCUT2D eigenvalue weighted by Gasteiger charge is 2.45. The Morgan fingerprint density at radius 2 is 1.83 bits per heavy atom. The van der Waals surface area contributed by atoms with Crippen LogP contribution in [0.15, 0.2) is 24.4 Å². The molecule has 1 aliphatic carbocycles. The van der Waals surface area contributed by atoms with Crippen molar-refractivity contribution < 1.29 is 27.4 Å². The number of pyridine rings is 2. The van der Waals surface area contributed by atoms with E-state index in [4.69, 9.17) is 14.1 Å². The maximum Gasteiger partial charge on any atom is 0.433 e. The van der Waals surface area contributed by atoms with E-state index in [1.165, 1.54) is 6.07 Å². The summed E-state index contributed by atoms with van der Waals surface area (Å²) in [5.74, 6) is -0.0312. The van der Waals surface area contributed by atoms with E-state index < -0.39 is 26.3 Å². The lowest BCUT2D eigenvalue weighted by molar-refractivity contribution is -0.141. The SMILES string of the molecule is CC(C)c1nc2c(c(C3=CCOCC3)c1[C@H](O)c1ccc(C(F)(F)F)nc1)C(O[Si](C)(C)C(C)(C)C)CC(C)(C)C2. The van der Waals surface area contributed by atoms with Crippen molar-refractivity contribution in [2.75, 3.05) is 13.2 Å². The van der Waals surface area contributed by atoms with Crippen molar-refractivity contribution in [3.63, 3.8) is 0 Å². The standard InChI is InChI=1S/C32H45F3N2O3Si/c1-19(2)28-27(29(38)21-10-11-24(36-18-21)32(33,34)35)25(20-12-14-39-15-13-20)26-22(37-28)16-31(6,7)17-23(26)40-41(8,9)30(3,4)5/h10-12,18-19,23,29,38H,13-17H2,1-9H3/t23?,29-/m1/s1. The number of hydrogen-bond donors (Lipinski definition) is 1. The largest absolute Gasteiger partial charge is 0.433 e. The van der Waals surface area contributed by atoms with Crippen LogP contribution in [0.4, 0.5) is 13.2 Å². The number of nitrogens with zero attached hydrogens (tertiary/aromatic N) is 2. The Bertz CT molecular complexity index is 1300. The molecule has 0 saturated carbocycles. The molecule has 9 heteroatoms. The Balaban J connectivity index is 2.01. The number of halogens is 3. The van der Waals surface area contributed by atoms with Crippen LogP contribution in [0.25, 0.3) is 5.57 Å². The second kappa shape index (κ2) is 11.2. The number of ether oxygens (including phenoxy) is 1. The van der Waals surface area contributed by atoms with Crippen LogP contribution in [0, 0.1) is 5.41 Å². The van der Waals surface area contributed by atoms with Gasteiger partial charge >= 0.3 is 6.18 Å². The lowest BCUT2D eigenvalue weighted by atomic mass is 9.71. The summed E-state index contributed by atoms with van der Waals surface area (Å²) in [4.78, 5) is 8.88. The minimum absolute atomic E-state index is 0.00753. The molecule has 0 saturated heterocycles. The molecule has 2 aliphatic rings. The van der Waals surface area contributed by atoms with E-state index >= 15 is 0 Å². The van der Waals surface area contributed by atoms with Crippen LogP contribution in [-0.2, 0) is 21.8 Å². The van der Waals surface area contributed by atoms with E-state index in [1.807, 2.05) is 13.8 Å². The molecular weight excluding hydrogens is 545 g/mol. The quantitative estimate of drug-likeness (QED) is 0.342. The molecule has 41 heavy (non-hydrogen) atoms. The topological polar surface area (TPSA) is 64.5 Å². The van der Waals surface area contributed by atoms with Crippen molar-refractivity contribution >= 4 is 13.9 Å². The molecule has 4 rings (SSSR count). The maximum atomic E-state index is 13.3. The lowest BCUT2D eigenvalue weighted by Gasteiger charge is -2.45. The molecule has 1 N–H and O–H groups in total. The van der Waals surface area contributed by atoms with Crippen LogP contribution in [0.3, 0.4) is 0 Å². The zero-order valence-corrected chi connectivity index (χ0v) is 26.9. The maximum absolute atomic E-state index is 13.3. The molecule has 2 aromatic rings. The second-order valence-corrected chi connectivity index (χ2v) is 18.9. The molecule has 0 radical (unpaired) electrons. The highest BCUT2D eigenvalue weighted by Crippen LogP contribution is 2.51. The van der Waals surface area contributed by atoms with Crippen molar-refractivity contribution in [3.8, 4) is 0 Å². The smallest absolute Gasteiger partial charge is 0.410 e. The highest BCUT2D eigenvalue weighted by atomic mass is 28.4. The summed E-state index contributed by atoms with van der Waals surface area (Å²) in [6.45, 7) is 20.8. The average Bonchev–Trinajstić information content (AvgIpc) is 2.85. The zero-order valence-electron chi connectivity index (χ0n) is 25.9. The third-order valence-electron chi connectivity index (χ3n) is 8.83. The van der Waals surface area contributed by atoms with Gasteiger partial charge in [0.05, 0.1) is 19.3 Å². The van der Waals surface area contributed by atoms with Crippen LogP contribution in [0.2, 0.25) is 18.1 Å². The first-order valence-electron chi connectivity index (χ1n) is 14.5. The lowest BCUT2D eigenvalue weighted by Crippen LogP contribution is -2.44. The Morgan fingerprint density at radius 1 is 1.15 bits per heavy atom. The molecule has 0 spiro atoms. The van der Waals surface area contributed by atoms with Gasteiger partial charge in [0.15, 0.2) is 8.32 Å². The zero-order chi connectivity index (χ0) is 30.5. The molecule has 2 aromatic heterocycles. The predicted molar refractivity (Wildman–Crippen MR) is 158 cm³/mol. The number of hydrogen-bond acceptors (Lipinski definition) is 5. The van der Waals surface area contributed by atoms with Gasteiger partial charge < -0.3 is 14.3 Å². The number of aliphatic hydroxyl groups is 1. The molecule has 5 nitrogen and oxygen atoms in total. The first-order valence-corrected chi connectivity index (χ1v) is 17.5. The van der Waals surface area contributed by atoms with E-state index in [0.717, 1.165) is 53.2 Å². The second-order valence-electron chi connectivity index (χ2n) is 14.1. The summed E-state index contributed by atoms with van der Waals surface area (Å²) in [6, 6.07) is 2.25. The third-order valence-corrected chi connectivity index (χ3v) is 13.3. The van der Waals surface area contributed by atoms with Gasteiger partial charge in [-0.3, -0.25) is 9.97 Å². The fraction of sp³-hybridized carbons (Fsp3) is 0.625. The summed E-state index contributed by atoms with van der Waals surface area (Å²) in [6.07, 6.45) is -0.549. The van der Waals surface area contributed by atoms with Gasteiger partial charge in [-0.15, -0.1) is 0 Å². The fourth-order valence-corrected chi connectivity index (χ4v) is 6.91. The number of rotatable bonds is 6. The molecular formula is C32H45F3N2O3Si. The molecule has 1 unspecified atom stereocenters. The minimum atomic E-state index is -4.56. The van der Waals surface area contributed by atoms with Gasteiger partial charge in [0.2, 0.25) is 0 Å². The van der Waals surface area contributed by atoms with Crippen molar-refractivity contribution in [1.29, 1.82) is 0 Å². The van der Waals surface area contributed by atoms with Gasteiger partial charge in [0.25, 0.3) is 0 Å². The van der Waals surface area contributed by atoms with E-state index in [2.05, 4.69) is 58.8 Å². The Hall–Kier alpha value is -2.07. The minimum Gasteiger partial charge on any atom is -0.410 e. The average molecular weight is 591 g/mol. The van der Waals surface area contributed by atoms with Crippen molar-refractivity contribution in [2.24, 2.45) is 5.41 Å². The summed E-state index contributed by atoms with van der Waals surface area (Å²) in [5.41, 5.74) is 4.65. The van der Waals surface area contributed by atoms with Gasteiger partial charge in [0.1, 0.15) is 11.8 Å². The summed E-state index contributed by atoms with van der Waals surface area (Å²) >= 11 is 0. The molecule has 226 valence electrons. The molecule has 0 bridgehead atoms.